The van der Waals surface area contributed by atoms with Crippen LogP contribution < -0.4 is 9.47 Å². The Hall–Kier alpha value is -1.70. The van der Waals surface area contributed by atoms with Crippen LogP contribution in [0, 0.1) is 0 Å². The number of rotatable bonds is 6. The largest absolute Gasteiger partial charge is 0.493 e. The Bertz CT molecular complexity index is 463. The van der Waals surface area contributed by atoms with Crippen LogP contribution in [0.5, 0.6) is 11.5 Å². The van der Waals surface area contributed by atoms with E-state index in [4.69, 9.17) is 9.47 Å². The first-order chi connectivity index (χ1) is 8.86. The number of hydrogen-bond acceptors (Lipinski definition) is 2. The molecule has 0 unspecified atom stereocenters. The van der Waals surface area contributed by atoms with E-state index < -0.39 is 0 Å². The molecule has 0 amide bonds. The Morgan fingerprint density at radius 1 is 0.778 bits per heavy atom. The minimum absolute atomic E-state index is 0.737. The summed E-state index contributed by atoms with van der Waals surface area (Å²) in [5.41, 5.74) is 0. The van der Waals surface area contributed by atoms with Crippen LogP contribution >= 0.6 is 0 Å². The summed E-state index contributed by atoms with van der Waals surface area (Å²) in [5, 5.41) is 2.25. The van der Waals surface area contributed by atoms with Gasteiger partial charge in [-0.3, -0.25) is 0 Å². The van der Waals surface area contributed by atoms with Crippen molar-refractivity contribution < 1.29 is 9.47 Å². The summed E-state index contributed by atoms with van der Waals surface area (Å²) in [4.78, 5) is 0. The van der Waals surface area contributed by atoms with Gasteiger partial charge in [-0.2, -0.15) is 0 Å². The van der Waals surface area contributed by atoms with Crippen LogP contribution in [-0.4, -0.2) is 13.2 Å². The molecule has 0 saturated heterocycles. The monoisotopic (exact) mass is 244 g/mol. The van der Waals surface area contributed by atoms with Crippen LogP contribution in [0.1, 0.15) is 26.7 Å². The standard InChI is InChI=1S/C16H20O2/c1-3-11-17-14-9-5-7-13-8-6-10-15(16(13)14)18-12-4-2/h5-10H,3-4,11-12H2,1-2H3. The second-order valence-electron chi connectivity index (χ2n) is 4.31. The molecule has 96 valence electrons. The summed E-state index contributed by atoms with van der Waals surface area (Å²) >= 11 is 0. The maximum absolute atomic E-state index is 5.81. The molecular formula is C16H20O2. The predicted octanol–water partition coefficient (Wildman–Crippen LogP) is 4.42. The SMILES string of the molecule is CCCOc1cccc2cccc(OCCC)c12. The maximum Gasteiger partial charge on any atom is 0.130 e. The van der Waals surface area contributed by atoms with Gasteiger partial charge in [0, 0.05) is 0 Å². The normalized spacial score (nSPS) is 10.6. The van der Waals surface area contributed by atoms with E-state index in [1.54, 1.807) is 0 Å². The fraction of sp³-hybridized carbons (Fsp3) is 0.375. The van der Waals surface area contributed by atoms with Gasteiger partial charge in [0.05, 0.1) is 18.6 Å². The molecule has 18 heavy (non-hydrogen) atoms. The quantitative estimate of drug-likeness (QED) is 0.749. The van der Waals surface area contributed by atoms with Gasteiger partial charge in [0.25, 0.3) is 0 Å². The topological polar surface area (TPSA) is 18.5 Å². The fourth-order valence-electron chi connectivity index (χ4n) is 1.94. The van der Waals surface area contributed by atoms with Gasteiger partial charge in [0.15, 0.2) is 0 Å². The molecule has 0 N–H and O–H groups in total. The van der Waals surface area contributed by atoms with Gasteiger partial charge in [0.1, 0.15) is 11.5 Å². The molecule has 0 heterocycles. The van der Waals surface area contributed by atoms with E-state index >= 15 is 0 Å². The van der Waals surface area contributed by atoms with Crippen LogP contribution in [0.15, 0.2) is 36.4 Å². The Morgan fingerprint density at radius 3 is 1.72 bits per heavy atom. The molecule has 2 heteroatoms. The second-order valence-corrected chi connectivity index (χ2v) is 4.31. The van der Waals surface area contributed by atoms with Crippen molar-refractivity contribution in [2.75, 3.05) is 13.2 Å². The lowest BCUT2D eigenvalue weighted by molar-refractivity contribution is 0.310. The molecule has 2 aromatic rings. The summed E-state index contributed by atoms with van der Waals surface area (Å²) in [6.07, 6.45) is 2.02. The molecule has 0 fully saturated rings. The first-order valence-electron chi connectivity index (χ1n) is 6.64. The molecule has 2 rings (SSSR count). The highest BCUT2D eigenvalue weighted by Crippen LogP contribution is 2.34. The fourth-order valence-corrected chi connectivity index (χ4v) is 1.94. The molecule has 0 bridgehead atoms. The van der Waals surface area contributed by atoms with Crippen molar-refractivity contribution in [2.45, 2.75) is 26.7 Å². The van der Waals surface area contributed by atoms with Gasteiger partial charge in [-0.1, -0.05) is 38.1 Å². The summed E-state index contributed by atoms with van der Waals surface area (Å²) in [5.74, 6) is 1.84. The van der Waals surface area contributed by atoms with E-state index in [2.05, 4.69) is 26.0 Å². The van der Waals surface area contributed by atoms with E-state index in [9.17, 15) is 0 Å². The Labute approximate surface area is 109 Å². The highest BCUT2D eigenvalue weighted by molar-refractivity contribution is 5.93. The molecule has 2 aromatic carbocycles. The van der Waals surface area contributed by atoms with E-state index in [0.717, 1.165) is 48.3 Å². The Morgan fingerprint density at radius 2 is 1.28 bits per heavy atom. The van der Waals surface area contributed by atoms with Crippen molar-refractivity contribution in [2.24, 2.45) is 0 Å². The molecular weight excluding hydrogens is 224 g/mol. The Kier molecular flexibility index (Phi) is 4.46. The number of fused-ring (bicyclic) bond motifs is 1. The molecule has 0 atom stereocenters. The molecule has 0 saturated carbocycles. The van der Waals surface area contributed by atoms with Crippen LogP contribution in [-0.2, 0) is 0 Å². The lowest BCUT2D eigenvalue weighted by atomic mass is 10.1. The van der Waals surface area contributed by atoms with Crippen molar-refractivity contribution in [1.82, 2.24) is 0 Å². The maximum atomic E-state index is 5.81. The summed E-state index contributed by atoms with van der Waals surface area (Å²) < 4.78 is 11.6. The van der Waals surface area contributed by atoms with Crippen molar-refractivity contribution >= 4 is 10.8 Å². The lowest BCUT2D eigenvalue weighted by Gasteiger charge is -2.13. The first kappa shape index (κ1) is 12.7. The summed E-state index contributed by atoms with van der Waals surface area (Å²) in [7, 11) is 0. The summed E-state index contributed by atoms with van der Waals surface area (Å²) in [6, 6.07) is 12.3. The molecule has 0 aliphatic carbocycles. The lowest BCUT2D eigenvalue weighted by Crippen LogP contribution is -1.99. The van der Waals surface area contributed by atoms with Gasteiger partial charge in [-0.15, -0.1) is 0 Å². The molecule has 2 nitrogen and oxygen atoms in total. The van der Waals surface area contributed by atoms with E-state index in [1.165, 1.54) is 0 Å². The van der Waals surface area contributed by atoms with E-state index in [1.807, 2.05) is 24.3 Å². The smallest absolute Gasteiger partial charge is 0.130 e. The minimum Gasteiger partial charge on any atom is -0.493 e. The molecule has 0 aliphatic heterocycles. The Balaban J connectivity index is 2.42. The van der Waals surface area contributed by atoms with Crippen molar-refractivity contribution in [1.29, 1.82) is 0 Å². The average molecular weight is 244 g/mol. The third-order valence-electron chi connectivity index (χ3n) is 2.75. The third kappa shape index (κ3) is 2.76. The number of benzene rings is 2. The zero-order valence-corrected chi connectivity index (χ0v) is 11.1. The molecule has 0 aliphatic rings. The van der Waals surface area contributed by atoms with Gasteiger partial charge in [0.2, 0.25) is 0 Å². The number of hydrogen-bond donors (Lipinski definition) is 0. The van der Waals surface area contributed by atoms with Crippen LogP contribution in [0.4, 0.5) is 0 Å². The van der Waals surface area contributed by atoms with Gasteiger partial charge < -0.3 is 9.47 Å². The number of ether oxygens (including phenoxy) is 2. The van der Waals surface area contributed by atoms with Crippen molar-refractivity contribution in [3.05, 3.63) is 36.4 Å². The zero-order valence-electron chi connectivity index (χ0n) is 11.1. The molecule has 0 spiro atoms. The van der Waals surface area contributed by atoms with Crippen LogP contribution in [0.3, 0.4) is 0 Å². The third-order valence-corrected chi connectivity index (χ3v) is 2.75. The van der Waals surface area contributed by atoms with E-state index in [-0.39, 0.29) is 0 Å². The van der Waals surface area contributed by atoms with Crippen LogP contribution in [0.2, 0.25) is 0 Å². The first-order valence-corrected chi connectivity index (χ1v) is 6.64. The highest BCUT2D eigenvalue weighted by Gasteiger charge is 2.07. The van der Waals surface area contributed by atoms with Crippen LogP contribution in [0.25, 0.3) is 10.8 Å². The van der Waals surface area contributed by atoms with Gasteiger partial charge in [-0.05, 0) is 30.4 Å². The minimum atomic E-state index is 0.737. The molecule has 0 aromatic heterocycles. The van der Waals surface area contributed by atoms with E-state index in [0.29, 0.717) is 0 Å². The van der Waals surface area contributed by atoms with Crippen molar-refractivity contribution in [3.8, 4) is 11.5 Å². The van der Waals surface area contributed by atoms with Crippen molar-refractivity contribution in [3.63, 3.8) is 0 Å². The zero-order chi connectivity index (χ0) is 12.8. The van der Waals surface area contributed by atoms with Gasteiger partial charge >= 0.3 is 0 Å². The predicted molar refractivity (Wildman–Crippen MR) is 75.5 cm³/mol. The second kappa shape index (κ2) is 6.29. The highest BCUT2D eigenvalue weighted by atomic mass is 16.5. The average Bonchev–Trinajstić information content (AvgIpc) is 2.42. The molecule has 0 radical (unpaired) electrons. The van der Waals surface area contributed by atoms with Gasteiger partial charge in [-0.25, -0.2) is 0 Å². The summed E-state index contributed by atoms with van der Waals surface area (Å²) in [6.45, 7) is 5.70.